The molecule has 0 spiro atoms. The van der Waals surface area contributed by atoms with Gasteiger partial charge in [0.25, 0.3) is 5.69 Å². The lowest BCUT2D eigenvalue weighted by Gasteiger charge is -2.15. The Bertz CT molecular complexity index is 1720. The number of aromatic nitrogens is 9. The summed E-state index contributed by atoms with van der Waals surface area (Å²) in [5.41, 5.74) is -1.03. The van der Waals surface area contributed by atoms with Crippen molar-refractivity contribution in [1.29, 1.82) is 0 Å². The Kier molecular flexibility index (Phi) is 7.87. The monoisotopic (exact) mass is 614 g/mol. The van der Waals surface area contributed by atoms with E-state index in [4.69, 9.17) is 11.6 Å². The van der Waals surface area contributed by atoms with Crippen LogP contribution in [-0.2, 0) is 10.9 Å². The Morgan fingerprint density at radius 1 is 1.12 bits per heavy atom. The highest BCUT2D eigenvalue weighted by Gasteiger charge is 2.35. The molecule has 0 aliphatic carbocycles. The van der Waals surface area contributed by atoms with E-state index in [0.717, 1.165) is 16.9 Å². The molecular weight excluding hydrogens is 596 g/mol. The summed E-state index contributed by atoms with van der Waals surface area (Å²) in [6.45, 7) is -1.72. The number of rotatable bonds is 9. The van der Waals surface area contributed by atoms with Crippen LogP contribution in [-0.4, -0.2) is 58.0 Å². The first-order valence-corrected chi connectivity index (χ1v) is 12.4. The van der Waals surface area contributed by atoms with Crippen LogP contribution >= 0.6 is 11.6 Å². The minimum atomic E-state index is -4.79. The third-order valence-electron chi connectivity index (χ3n) is 6.23. The number of benzene rings is 1. The van der Waals surface area contributed by atoms with Crippen molar-refractivity contribution in [2.24, 2.45) is 0 Å². The molecule has 0 bridgehead atoms. The summed E-state index contributed by atoms with van der Waals surface area (Å²) in [6, 6.07) is 4.27. The van der Waals surface area contributed by atoms with Gasteiger partial charge in [-0.15, -0.1) is 15.3 Å². The van der Waals surface area contributed by atoms with Crippen LogP contribution in [0.3, 0.4) is 0 Å². The minimum absolute atomic E-state index is 0.00385. The molecule has 220 valence electrons. The van der Waals surface area contributed by atoms with E-state index in [1.807, 2.05) is 0 Å². The first-order chi connectivity index (χ1) is 19.9. The fourth-order valence-corrected chi connectivity index (χ4v) is 4.44. The number of hydrogen-bond donors (Lipinski definition) is 1. The van der Waals surface area contributed by atoms with Crippen molar-refractivity contribution in [1.82, 2.24) is 39.5 Å². The second kappa shape index (κ2) is 11.4. The van der Waals surface area contributed by atoms with E-state index in [-0.39, 0.29) is 34.0 Å². The highest BCUT2D eigenvalue weighted by molar-refractivity contribution is 6.31. The third-order valence-corrected chi connectivity index (χ3v) is 6.52. The van der Waals surface area contributed by atoms with Crippen LogP contribution in [0.1, 0.15) is 29.7 Å². The number of halogens is 7. The number of nitrogens with zero attached hydrogens (tertiary/aromatic N) is 9. The van der Waals surface area contributed by atoms with E-state index < -0.39 is 36.9 Å². The molecule has 0 saturated heterocycles. The number of hydrogen-bond acceptors (Lipinski definition) is 7. The molecule has 5 rings (SSSR count). The number of ether oxygens (including phenoxy) is 1. The summed E-state index contributed by atoms with van der Waals surface area (Å²) in [7, 11) is 0. The number of pyridine rings is 1. The van der Waals surface area contributed by atoms with Crippen LogP contribution in [0.4, 0.5) is 26.3 Å². The molecule has 0 amide bonds. The summed E-state index contributed by atoms with van der Waals surface area (Å²) in [6.07, 6.45) is 1.33. The van der Waals surface area contributed by atoms with Gasteiger partial charge in [-0.3, -0.25) is 14.5 Å². The average molecular weight is 615 g/mol. The zero-order chi connectivity index (χ0) is 30.2. The van der Waals surface area contributed by atoms with E-state index in [2.05, 4.69) is 30.3 Å². The fraction of sp³-hybridized carbons (Fsp3) is 0.250. The highest BCUT2D eigenvalue weighted by atomic mass is 35.5. The molecule has 0 aliphatic rings. The molecule has 18 heteroatoms. The first kappa shape index (κ1) is 29.0. The molecule has 0 aliphatic heterocycles. The molecule has 0 saturated carbocycles. The van der Waals surface area contributed by atoms with Crippen molar-refractivity contribution in [3.05, 3.63) is 83.4 Å². The van der Waals surface area contributed by atoms with Gasteiger partial charge in [0.1, 0.15) is 18.2 Å². The van der Waals surface area contributed by atoms with Gasteiger partial charge in [-0.05, 0) is 25.1 Å². The largest absolute Gasteiger partial charge is 0.436 e. The van der Waals surface area contributed by atoms with E-state index in [9.17, 15) is 27.2 Å². The van der Waals surface area contributed by atoms with Gasteiger partial charge in [0.15, 0.2) is 11.5 Å². The molecule has 4 heterocycles. The molecule has 1 aromatic carbocycles. The molecule has 4 aromatic heterocycles. The Morgan fingerprint density at radius 2 is 1.90 bits per heavy atom. The molecule has 0 fully saturated rings. The van der Waals surface area contributed by atoms with Crippen LogP contribution in [0.25, 0.3) is 22.5 Å². The van der Waals surface area contributed by atoms with Crippen LogP contribution in [0.15, 0.2) is 55.4 Å². The Hall–Kier alpha value is -4.51. The maximum atomic E-state index is 15.3. The minimum Gasteiger partial charge on any atom is -0.323 e. The predicted octanol–water partition coefficient (Wildman–Crippen LogP) is 4.57. The molecule has 0 unspecified atom stereocenters. The summed E-state index contributed by atoms with van der Waals surface area (Å²) in [5.74, 6) is -0.434. The lowest BCUT2D eigenvalue weighted by molar-refractivity contribution is -0.910. The quantitative estimate of drug-likeness (QED) is 0.147. The predicted molar refractivity (Wildman–Crippen MR) is 131 cm³/mol. The summed E-state index contributed by atoms with van der Waals surface area (Å²) in [4.78, 5) is 0. The topological polar surface area (TPSA) is 113 Å². The van der Waals surface area contributed by atoms with Crippen LogP contribution < -0.4 is 4.73 Å². The number of alkyl halides is 5. The van der Waals surface area contributed by atoms with Crippen molar-refractivity contribution in [3.8, 4) is 22.5 Å². The third kappa shape index (κ3) is 5.78. The van der Waals surface area contributed by atoms with Gasteiger partial charge in [-0.1, -0.05) is 16.8 Å². The maximum absolute atomic E-state index is 15.3. The van der Waals surface area contributed by atoms with Gasteiger partial charge in [0.05, 0.1) is 52.7 Å². The van der Waals surface area contributed by atoms with Crippen LogP contribution in [0.2, 0.25) is 5.02 Å². The molecular formula is C24H19ClF6N9O2+. The zero-order valence-electron chi connectivity index (χ0n) is 21.3. The second-order valence-corrected chi connectivity index (χ2v) is 9.26. The lowest BCUT2D eigenvalue weighted by Crippen LogP contribution is -2.38. The smallest absolute Gasteiger partial charge is 0.323 e. The van der Waals surface area contributed by atoms with E-state index >= 15 is 4.39 Å². The highest BCUT2D eigenvalue weighted by Crippen LogP contribution is 2.35. The summed E-state index contributed by atoms with van der Waals surface area (Å²) >= 11 is 5.97. The van der Waals surface area contributed by atoms with Gasteiger partial charge in [-0.2, -0.15) is 27.1 Å². The molecule has 1 atom stereocenters. The molecule has 42 heavy (non-hydrogen) atoms. The standard InChI is InChI=1S/C24H19ClF6N9O2/c1-13-34-32-12-37(13)15-8-33-38(10-15)17(6-7-42-23(27)28)18-4-2-14(9-40(18)41)21-19(5-3-16(25)22(21)26)39-11-20(35-36-39)24(29,30)31/h2-5,8-12,17,23,41H,6-7H2,1H3/q+1/t17-/m0/s1. The second-order valence-electron chi connectivity index (χ2n) is 8.85. The zero-order valence-corrected chi connectivity index (χ0v) is 22.0. The molecule has 5 aromatic rings. The van der Waals surface area contributed by atoms with Crippen LogP contribution in [0.5, 0.6) is 0 Å². The molecule has 0 radical (unpaired) electrons. The normalized spacial score (nSPS) is 12.8. The van der Waals surface area contributed by atoms with Crippen molar-refractivity contribution < 1.29 is 41.0 Å². The van der Waals surface area contributed by atoms with E-state index in [1.165, 1.54) is 35.4 Å². The van der Waals surface area contributed by atoms with Crippen molar-refractivity contribution in [2.45, 2.75) is 32.2 Å². The fourth-order valence-electron chi connectivity index (χ4n) is 4.28. The van der Waals surface area contributed by atoms with Gasteiger partial charge in [-0.25, -0.2) is 9.07 Å². The number of aryl methyl sites for hydroxylation is 1. The lowest BCUT2D eigenvalue weighted by atomic mass is 10.0. The van der Waals surface area contributed by atoms with Gasteiger partial charge >= 0.3 is 12.8 Å². The average Bonchev–Trinajstić information content (AvgIpc) is 3.69. The van der Waals surface area contributed by atoms with E-state index in [0.29, 0.717) is 22.4 Å². The summed E-state index contributed by atoms with van der Waals surface area (Å²) < 4.78 is 88.9. The van der Waals surface area contributed by atoms with Gasteiger partial charge < -0.3 is 4.74 Å². The Labute approximate surface area is 237 Å². The van der Waals surface area contributed by atoms with Gasteiger partial charge in [0.2, 0.25) is 6.20 Å². The Morgan fingerprint density at radius 3 is 2.55 bits per heavy atom. The van der Waals surface area contributed by atoms with E-state index in [1.54, 1.807) is 17.7 Å². The van der Waals surface area contributed by atoms with Crippen LogP contribution in [0, 0.1) is 12.7 Å². The van der Waals surface area contributed by atoms with Crippen molar-refractivity contribution >= 4 is 11.6 Å². The maximum Gasteiger partial charge on any atom is 0.436 e. The SMILES string of the molecule is Cc1nncn1-c1cnn([C@@H](CCOC(F)F)c2ccc(-c3c(-n4cc(C(F)(F)F)nn4)ccc(Cl)c3F)c[n+]2O)c1. The van der Waals surface area contributed by atoms with Crippen molar-refractivity contribution in [3.63, 3.8) is 0 Å². The summed E-state index contributed by atoms with van der Waals surface area (Å²) in [5, 5.41) is 29.2. The molecule has 1 N–H and O–H groups in total. The Balaban J connectivity index is 1.55. The van der Waals surface area contributed by atoms with Gasteiger partial charge in [0, 0.05) is 17.2 Å². The molecule has 11 nitrogen and oxygen atoms in total. The first-order valence-electron chi connectivity index (χ1n) is 12.0. The van der Waals surface area contributed by atoms with Crippen molar-refractivity contribution in [2.75, 3.05) is 6.61 Å².